The van der Waals surface area contributed by atoms with E-state index in [9.17, 15) is 9.59 Å². The average Bonchev–Trinajstić information content (AvgIpc) is 2.95. The van der Waals surface area contributed by atoms with Crippen molar-refractivity contribution < 1.29 is 9.59 Å². The molecule has 1 heterocycles. The first-order valence-electron chi connectivity index (χ1n) is 7.13. The van der Waals surface area contributed by atoms with Crippen molar-refractivity contribution in [3.05, 3.63) is 48.2 Å². The molecule has 0 aliphatic carbocycles. The third-order valence-corrected chi connectivity index (χ3v) is 3.18. The first-order valence-corrected chi connectivity index (χ1v) is 7.13. The first kappa shape index (κ1) is 15.8. The van der Waals surface area contributed by atoms with Gasteiger partial charge in [-0.25, -0.2) is 4.68 Å². The molecule has 6 heteroatoms. The van der Waals surface area contributed by atoms with Gasteiger partial charge in [0.05, 0.1) is 12.7 Å². The lowest BCUT2D eigenvalue weighted by molar-refractivity contribution is -0.116. The molecule has 2 aromatic rings. The molecule has 1 aromatic heterocycles. The maximum Gasteiger partial charge on any atom is 0.254 e. The van der Waals surface area contributed by atoms with Gasteiger partial charge < -0.3 is 10.2 Å². The number of hydrogen-bond donors (Lipinski definition) is 1. The molecule has 2 rings (SSSR count). The summed E-state index contributed by atoms with van der Waals surface area (Å²) in [6, 6.07) is 10.8. The number of nitrogens with zero attached hydrogens (tertiary/aromatic N) is 3. The molecule has 0 saturated carbocycles. The minimum Gasteiger partial charge on any atom is -0.332 e. The first-order chi connectivity index (χ1) is 10.5. The van der Waals surface area contributed by atoms with Crippen LogP contribution in [0.4, 0.5) is 5.82 Å². The van der Waals surface area contributed by atoms with Gasteiger partial charge >= 0.3 is 0 Å². The van der Waals surface area contributed by atoms with Crippen molar-refractivity contribution >= 4 is 17.6 Å². The monoisotopic (exact) mass is 300 g/mol. The third kappa shape index (κ3) is 3.72. The summed E-state index contributed by atoms with van der Waals surface area (Å²) in [5, 5.41) is 6.93. The van der Waals surface area contributed by atoms with Crippen LogP contribution in [0.25, 0.3) is 0 Å². The van der Waals surface area contributed by atoms with Gasteiger partial charge in [-0.1, -0.05) is 18.2 Å². The molecule has 0 spiro atoms. The molecule has 116 valence electrons. The molecule has 0 radical (unpaired) electrons. The number of aromatic nitrogens is 2. The van der Waals surface area contributed by atoms with Crippen LogP contribution >= 0.6 is 0 Å². The van der Waals surface area contributed by atoms with Gasteiger partial charge in [0.1, 0.15) is 5.82 Å². The van der Waals surface area contributed by atoms with Gasteiger partial charge in [-0.2, -0.15) is 5.10 Å². The Hall–Kier alpha value is -2.63. The van der Waals surface area contributed by atoms with Crippen LogP contribution in [-0.4, -0.2) is 40.1 Å². The highest BCUT2D eigenvalue weighted by atomic mass is 16.2. The van der Waals surface area contributed by atoms with Crippen molar-refractivity contribution in [3.8, 4) is 0 Å². The van der Waals surface area contributed by atoms with Crippen LogP contribution in [-0.2, 0) is 4.79 Å². The molecule has 0 bridgehead atoms. The van der Waals surface area contributed by atoms with Crippen molar-refractivity contribution in [2.45, 2.75) is 19.9 Å². The average molecular weight is 300 g/mol. The molecule has 2 amide bonds. The molecule has 0 aliphatic rings. The summed E-state index contributed by atoms with van der Waals surface area (Å²) in [4.78, 5) is 25.7. The predicted octanol–water partition coefficient (Wildman–Crippen LogP) is 2.17. The molecule has 22 heavy (non-hydrogen) atoms. The molecule has 1 aromatic carbocycles. The highest BCUT2D eigenvalue weighted by Crippen LogP contribution is 2.13. The summed E-state index contributed by atoms with van der Waals surface area (Å²) in [6.07, 6.45) is 1.63. The number of rotatable bonds is 5. The van der Waals surface area contributed by atoms with Crippen LogP contribution < -0.4 is 5.32 Å². The zero-order chi connectivity index (χ0) is 16.1. The lowest BCUT2D eigenvalue weighted by atomic mass is 10.2. The van der Waals surface area contributed by atoms with Crippen molar-refractivity contribution in [2.24, 2.45) is 0 Å². The van der Waals surface area contributed by atoms with Crippen molar-refractivity contribution in [2.75, 3.05) is 18.9 Å². The smallest absolute Gasteiger partial charge is 0.254 e. The highest BCUT2D eigenvalue weighted by molar-refractivity contribution is 5.98. The molecule has 6 nitrogen and oxygen atoms in total. The predicted molar refractivity (Wildman–Crippen MR) is 84.6 cm³/mol. The molecule has 0 fully saturated rings. The molecular formula is C16H20N4O2. The van der Waals surface area contributed by atoms with Crippen LogP contribution in [0.1, 0.15) is 30.2 Å². The topological polar surface area (TPSA) is 67.2 Å². The molecule has 0 saturated heterocycles. The van der Waals surface area contributed by atoms with Gasteiger partial charge in [0, 0.05) is 24.7 Å². The zero-order valence-electron chi connectivity index (χ0n) is 13.0. The fourth-order valence-corrected chi connectivity index (χ4v) is 2.10. The van der Waals surface area contributed by atoms with Crippen LogP contribution in [0.5, 0.6) is 0 Å². The largest absolute Gasteiger partial charge is 0.332 e. The van der Waals surface area contributed by atoms with E-state index in [1.54, 1.807) is 48.3 Å². The number of benzene rings is 1. The van der Waals surface area contributed by atoms with E-state index in [0.29, 0.717) is 11.4 Å². The number of hydrogen-bond acceptors (Lipinski definition) is 3. The number of likely N-dealkylation sites (N-methyl/N-ethyl adjacent to an activating group) is 1. The Bertz CT molecular complexity index is 649. The fourth-order valence-electron chi connectivity index (χ4n) is 2.10. The van der Waals surface area contributed by atoms with Crippen LogP contribution in [0.15, 0.2) is 42.6 Å². The zero-order valence-corrected chi connectivity index (χ0v) is 13.0. The Morgan fingerprint density at radius 1 is 1.23 bits per heavy atom. The van der Waals surface area contributed by atoms with E-state index in [1.165, 1.54) is 4.90 Å². The van der Waals surface area contributed by atoms with Gasteiger partial charge in [-0.3, -0.25) is 9.59 Å². The maximum absolute atomic E-state index is 12.2. The lowest BCUT2D eigenvalue weighted by Gasteiger charge is -2.17. The summed E-state index contributed by atoms with van der Waals surface area (Å²) in [7, 11) is 1.61. The van der Waals surface area contributed by atoms with Gasteiger partial charge in [-0.05, 0) is 26.0 Å². The Kier molecular flexibility index (Phi) is 4.93. The van der Waals surface area contributed by atoms with Crippen molar-refractivity contribution in [1.29, 1.82) is 0 Å². The standard InChI is InChI=1S/C16H20N4O2/c1-12(2)20-14(9-10-17-20)18-15(21)11-19(3)16(22)13-7-5-4-6-8-13/h4-10,12H,11H2,1-3H3,(H,18,21). The summed E-state index contributed by atoms with van der Waals surface area (Å²) in [5.41, 5.74) is 0.560. The van der Waals surface area contributed by atoms with Gasteiger partial charge in [0.25, 0.3) is 5.91 Å². The SMILES string of the molecule is CC(C)n1nccc1NC(=O)CN(C)C(=O)c1ccccc1. The van der Waals surface area contributed by atoms with E-state index in [-0.39, 0.29) is 24.4 Å². The van der Waals surface area contributed by atoms with E-state index in [1.807, 2.05) is 19.9 Å². The number of carbonyl (C=O) groups excluding carboxylic acids is 2. The summed E-state index contributed by atoms with van der Waals surface area (Å²) >= 11 is 0. The summed E-state index contributed by atoms with van der Waals surface area (Å²) in [5.74, 6) is 0.183. The second-order valence-electron chi connectivity index (χ2n) is 5.33. The Labute approximate surface area is 129 Å². The summed E-state index contributed by atoms with van der Waals surface area (Å²) < 4.78 is 1.72. The van der Waals surface area contributed by atoms with E-state index in [4.69, 9.17) is 0 Å². The molecular weight excluding hydrogens is 280 g/mol. The Balaban J connectivity index is 1.97. The number of anilines is 1. The van der Waals surface area contributed by atoms with Crippen LogP contribution in [0, 0.1) is 0 Å². The van der Waals surface area contributed by atoms with Crippen LogP contribution in [0.3, 0.4) is 0 Å². The van der Waals surface area contributed by atoms with Crippen molar-refractivity contribution in [1.82, 2.24) is 14.7 Å². The second-order valence-corrected chi connectivity index (χ2v) is 5.33. The third-order valence-electron chi connectivity index (χ3n) is 3.18. The second kappa shape index (κ2) is 6.89. The lowest BCUT2D eigenvalue weighted by Crippen LogP contribution is -2.35. The van der Waals surface area contributed by atoms with Gasteiger partial charge in [-0.15, -0.1) is 0 Å². The molecule has 1 N–H and O–H groups in total. The molecule has 0 unspecified atom stereocenters. The van der Waals surface area contributed by atoms with Gasteiger partial charge in [0.15, 0.2) is 0 Å². The fraction of sp³-hybridized carbons (Fsp3) is 0.312. The molecule has 0 aliphatic heterocycles. The number of carbonyl (C=O) groups is 2. The molecule has 0 atom stereocenters. The van der Waals surface area contributed by atoms with Crippen LogP contribution in [0.2, 0.25) is 0 Å². The van der Waals surface area contributed by atoms with Crippen molar-refractivity contribution in [3.63, 3.8) is 0 Å². The Morgan fingerprint density at radius 2 is 1.91 bits per heavy atom. The minimum absolute atomic E-state index is 0.0169. The minimum atomic E-state index is -0.255. The number of nitrogens with one attached hydrogen (secondary N) is 1. The maximum atomic E-state index is 12.2. The van der Waals surface area contributed by atoms with E-state index in [2.05, 4.69) is 10.4 Å². The van der Waals surface area contributed by atoms with E-state index in [0.717, 1.165) is 0 Å². The summed E-state index contributed by atoms with van der Waals surface area (Å²) in [6.45, 7) is 3.94. The normalized spacial score (nSPS) is 10.5. The van der Waals surface area contributed by atoms with E-state index >= 15 is 0 Å². The Morgan fingerprint density at radius 3 is 2.55 bits per heavy atom. The van der Waals surface area contributed by atoms with E-state index < -0.39 is 0 Å². The quantitative estimate of drug-likeness (QED) is 0.920. The number of amides is 2. The highest BCUT2D eigenvalue weighted by Gasteiger charge is 2.16. The van der Waals surface area contributed by atoms with Gasteiger partial charge in [0.2, 0.25) is 5.91 Å².